The van der Waals surface area contributed by atoms with Crippen LogP contribution in [0.4, 0.5) is 8.78 Å². The summed E-state index contributed by atoms with van der Waals surface area (Å²) in [5, 5.41) is 12.0. The Kier molecular flexibility index (Phi) is 5.51. The van der Waals surface area contributed by atoms with Gasteiger partial charge in [-0.3, -0.25) is 4.79 Å². The number of halogens is 2. The molecule has 0 heterocycles. The van der Waals surface area contributed by atoms with Crippen LogP contribution in [0.5, 0.6) is 0 Å². The molecule has 6 heteroatoms. The molecule has 0 saturated carbocycles. The predicted molar refractivity (Wildman–Crippen MR) is 88.8 cm³/mol. The molecule has 2 aromatic carbocycles. The number of nitrogens with one attached hydrogen (secondary N) is 1. The number of hydrogen-bond acceptors (Lipinski definition) is 2. The summed E-state index contributed by atoms with van der Waals surface area (Å²) in [7, 11) is 0. The third-order valence-corrected chi connectivity index (χ3v) is 4.15. The Balaban J connectivity index is 2.18. The van der Waals surface area contributed by atoms with E-state index in [9.17, 15) is 23.5 Å². The molecule has 0 aliphatic rings. The van der Waals surface area contributed by atoms with Crippen LogP contribution < -0.4 is 5.32 Å². The molecule has 0 aromatic heterocycles. The fourth-order valence-corrected chi connectivity index (χ4v) is 2.49. The van der Waals surface area contributed by atoms with E-state index in [4.69, 9.17) is 0 Å². The van der Waals surface area contributed by atoms with Crippen molar-refractivity contribution < 1.29 is 23.5 Å². The van der Waals surface area contributed by atoms with Gasteiger partial charge in [0, 0.05) is 5.92 Å². The lowest BCUT2D eigenvalue weighted by molar-refractivity contribution is -0.148. The molecule has 0 aliphatic heterocycles. The number of carbonyl (C=O) groups is 2. The van der Waals surface area contributed by atoms with Crippen LogP contribution in [-0.4, -0.2) is 17.0 Å². The highest BCUT2D eigenvalue weighted by atomic mass is 19.1. The number of amides is 1. The Morgan fingerprint density at radius 1 is 1.12 bits per heavy atom. The first-order valence-electron chi connectivity index (χ1n) is 7.79. The monoisotopic (exact) mass is 347 g/mol. The van der Waals surface area contributed by atoms with Crippen molar-refractivity contribution in [2.24, 2.45) is 5.92 Å². The minimum Gasteiger partial charge on any atom is -0.479 e. The zero-order chi connectivity index (χ0) is 18.6. The number of hydrogen-bond donors (Lipinski definition) is 2. The molecule has 2 rings (SSSR count). The van der Waals surface area contributed by atoms with Crippen LogP contribution in [0, 0.1) is 17.6 Å². The van der Waals surface area contributed by atoms with E-state index in [2.05, 4.69) is 5.32 Å². The van der Waals surface area contributed by atoms with Crippen LogP contribution in [0.15, 0.2) is 48.5 Å². The van der Waals surface area contributed by atoms with Gasteiger partial charge >= 0.3 is 5.97 Å². The number of carbonyl (C=O) groups excluding carboxylic acids is 1. The molecule has 4 nitrogen and oxygen atoms in total. The molecule has 1 amide bonds. The molecule has 132 valence electrons. The highest BCUT2D eigenvalue weighted by molar-refractivity contribution is 5.88. The molecule has 0 fully saturated rings. The average Bonchev–Trinajstić information content (AvgIpc) is 2.57. The second-order valence-electron chi connectivity index (χ2n) is 6.12. The van der Waals surface area contributed by atoms with Crippen molar-refractivity contribution in [2.75, 3.05) is 0 Å². The highest BCUT2D eigenvalue weighted by Crippen LogP contribution is 2.23. The summed E-state index contributed by atoms with van der Waals surface area (Å²) >= 11 is 0. The van der Waals surface area contributed by atoms with E-state index < -0.39 is 35.0 Å². The van der Waals surface area contributed by atoms with E-state index in [1.54, 1.807) is 25.1 Å². The summed E-state index contributed by atoms with van der Waals surface area (Å²) in [6.07, 6.45) is 0.137. The first-order valence-corrected chi connectivity index (χ1v) is 7.79. The zero-order valence-electron chi connectivity index (χ0n) is 13.9. The first-order chi connectivity index (χ1) is 11.7. The van der Waals surface area contributed by atoms with Crippen LogP contribution in [0.3, 0.4) is 0 Å². The third-order valence-electron chi connectivity index (χ3n) is 4.15. The van der Waals surface area contributed by atoms with Crippen molar-refractivity contribution in [3.05, 3.63) is 71.3 Å². The van der Waals surface area contributed by atoms with Crippen LogP contribution in [0.2, 0.25) is 0 Å². The maximum Gasteiger partial charge on any atom is 0.333 e. The summed E-state index contributed by atoms with van der Waals surface area (Å²) in [5.41, 5.74) is -1.09. The molecular formula is C19H19F2NO3. The fraction of sp³-hybridized carbons (Fsp3) is 0.263. The fourth-order valence-electron chi connectivity index (χ4n) is 2.49. The van der Waals surface area contributed by atoms with Crippen molar-refractivity contribution in [1.29, 1.82) is 0 Å². The lowest BCUT2D eigenvalue weighted by Gasteiger charge is -2.28. The lowest BCUT2D eigenvalue weighted by Crippen LogP contribution is -2.51. The van der Waals surface area contributed by atoms with E-state index >= 15 is 0 Å². The number of carboxylic acid groups (broad SMARTS) is 1. The molecule has 2 aromatic rings. The first kappa shape index (κ1) is 18.6. The van der Waals surface area contributed by atoms with E-state index in [0.29, 0.717) is 5.56 Å². The number of rotatable bonds is 6. The molecule has 2 N–H and O–H groups in total. The molecule has 0 radical (unpaired) electrons. The molecule has 0 aliphatic carbocycles. The van der Waals surface area contributed by atoms with Gasteiger partial charge < -0.3 is 10.4 Å². The molecule has 2 unspecified atom stereocenters. The Labute approximate surface area is 144 Å². The van der Waals surface area contributed by atoms with Gasteiger partial charge in [-0.15, -0.1) is 0 Å². The summed E-state index contributed by atoms with van der Waals surface area (Å²) in [6, 6.07) is 11.0. The Morgan fingerprint density at radius 2 is 1.72 bits per heavy atom. The quantitative estimate of drug-likeness (QED) is 0.843. The third kappa shape index (κ3) is 4.21. The van der Waals surface area contributed by atoms with Crippen molar-refractivity contribution in [2.45, 2.75) is 25.8 Å². The van der Waals surface area contributed by atoms with E-state index in [0.717, 1.165) is 12.1 Å². The Hall–Kier alpha value is -2.76. The van der Waals surface area contributed by atoms with Crippen molar-refractivity contribution in [3.63, 3.8) is 0 Å². The molecule has 25 heavy (non-hydrogen) atoms. The van der Waals surface area contributed by atoms with Gasteiger partial charge in [0.05, 0.1) is 0 Å². The van der Waals surface area contributed by atoms with Crippen molar-refractivity contribution in [3.8, 4) is 0 Å². The van der Waals surface area contributed by atoms with Gasteiger partial charge in [0.25, 0.3) is 0 Å². The standard InChI is InChI=1S/C19H19F2NO3/c1-12(11-13-5-3-4-6-16(13)21)17(23)22-19(2,18(24)25)14-7-9-15(20)10-8-14/h3-10,12H,11H2,1-2H3,(H,22,23)(H,24,25). The molecule has 0 spiro atoms. The topological polar surface area (TPSA) is 66.4 Å². The maximum absolute atomic E-state index is 13.7. The summed E-state index contributed by atoms with van der Waals surface area (Å²) in [6.45, 7) is 2.92. The van der Waals surface area contributed by atoms with Gasteiger partial charge in [0.1, 0.15) is 11.6 Å². The van der Waals surface area contributed by atoms with Gasteiger partial charge in [0.2, 0.25) is 5.91 Å². The zero-order valence-corrected chi connectivity index (χ0v) is 13.9. The van der Waals surface area contributed by atoms with Crippen molar-refractivity contribution >= 4 is 11.9 Å². The molecule has 0 saturated heterocycles. The summed E-state index contributed by atoms with van der Waals surface area (Å²) in [4.78, 5) is 24.2. The molecule has 2 atom stereocenters. The molecular weight excluding hydrogens is 328 g/mol. The minimum absolute atomic E-state index is 0.137. The second-order valence-corrected chi connectivity index (χ2v) is 6.12. The van der Waals surface area contributed by atoms with E-state index in [1.165, 1.54) is 25.1 Å². The number of benzene rings is 2. The van der Waals surface area contributed by atoms with Crippen LogP contribution in [-0.2, 0) is 21.5 Å². The molecule has 0 bridgehead atoms. The lowest BCUT2D eigenvalue weighted by atomic mass is 9.90. The average molecular weight is 347 g/mol. The second kappa shape index (κ2) is 7.42. The van der Waals surface area contributed by atoms with E-state index in [1.807, 2.05) is 0 Å². The van der Waals surface area contributed by atoms with Gasteiger partial charge in [-0.1, -0.05) is 37.3 Å². The van der Waals surface area contributed by atoms with Crippen LogP contribution >= 0.6 is 0 Å². The number of aliphatic carboxylic acids is 1. The van der Waals surface area contributed by atoms with Crippen LogP contribution in [0.1, 0.15) is 25.0 Å². The highest BCUT2D eigenvalue weighted by Gasteiger charge is 2.37. The van der Waals surface area contributed by atoms with Crippen LogP contribution in [0.25, 0.3) is 0 Å². The smallest absolute Gasteiger partial charge is 0.333 e. The normalized spacial score (nSPS) is 14.4. The van der Waals surface area contributed by atoms with E-state index in [-0.39, 0.29) is 12.0 Å². The van der Waals surface area contributed by atoms with Gasteiger partial charge in [-0.2, -0.15) is 0 Å². The number of carboxylic acids is 1. The SMILES string of the molecule is CC(Cc1ccccc1F)C(=O)NC(C)(C(=O)O)c1ccc(F)cc1. The van der Waals surface area contributed by atoms with Gasteiger partial charge in [0.15, 0.2) is 5.54 Å². The predicted octanol–water partition coefficient (Wildman–Crippen LogP) is 3.26. The minimum atomic E-state index is -1.71. The Bertz CT molecular complexity index is 776. The summed E-state index contributed by atoms with van der Waals surface area (Å²) in [5.74, 6) is -3.36. The maximum atomic E-state index is 13.7. The Morgan fingerprint density at radius 3 is 2.28 bits per heavy atom. The van der Waals surface area contributed by atoms with Gasteiger partial charge in [-0.05, 0) is 42.7 Å². The largest absolute Gasteiger partial charge is 0.479 e. The van der Waals surface area contributed by atoms with Crippen molar-refractivity contribution in [1.82, 2.24) is 5.32 Å². The summed E-state index contributed by atoms with van der Waals surface area (Å²) < 4.78 is 26.8. The van der Waals surface area contributed by atoms with Gasteiger partial charge in [-0.25, -0.2) is 13.6 Å².